The molecule has 0 unspecified atom stereocenters. The van der Waals surface area contributed by atoms with Gasteiger partial charge in [0.15, 0.2) is 0 Å². The summed E-state index contributed by atoms with van der Waals surface area (Å²) in [5.41, 5.74) is 4.05. The Bertz CT molecular complexity index is 528. The van der Waals surface area contributed by atoms with E-state index in [1.54, 1.807) is 0 Å². The molecule has 1 rings (SSSR count). The van der Waals surface area contributed by atoms with Crippen molar-refractivity contribution < 1.29 is 0 Å². The number of nitrogens with zero attached hydrogens (tertiary/aromatic N) is 3. The number of aliphatic imine (C=N–C) groups is 2. The highest BCUT2D eigenvalue weighted by Crippen LogP contribution is 2.08. The summed E-state index contributed by atoms with van der Waals surface area (Å²) < 4.78 is 0. The zero-order chi connectivity index (χ0) is 20.5. The van der Waals surface area contributed by atoms with Gasteiger partial charge in [-0.3, -0.25) is 9.98 Å². The van der Waals surface area contributed by atoms with Gasteiger partial charge in [-0.05, 0) is 38.8 Å². The molecule has 0 aliphatic rings. The molecule has 1 aromatic heterocycles. The molecule has 28 heavy (non-hydrogen) atoms. The van der Waals surface area contributed by atoms with Crippen LogP contribution in [0, 0.1) is 0 Å². The van der Waals surface area contributed by atoms with Crippen LogP contribution in [-0.4, -0.2) is 29.5 Å². The van der Waals surface area contributed by atoms with Crippen molar-refractivity contribution in [2.45, 2.75) is 105 Å². The lowest BCUT2D eigenvalue weighted by Crippen LogP contribution is -2.06. The maximum atomic E-state index is 4.79. The first-order chi connectivity index (χ1) is 13.7. The summed E-state index contributed by atoms with van der Waals surface area (Å²) in [7, 11) is 0. The van der Waals surface area contributed by atoms with Gasteiger partial charge < -0.3 is 0 Å². The second kappa shape index (κ2) is 16.4. The Morgan fingerprint density at radius 2 is 1.04 bits per heavy atom. The number of hydrogen-bond acceptors (Lipinski definition) is 3. The topological polar surface area (TPSA) is 37.6 Å². The lowest BCUT2D eigenvalue weighted by Gasteiger charge is -2.05. The Balaban J connectivity index is 2.42. The minimum Gasteiger partial charge on any atom is -0.288 e. The van der Waals surface area contributed by atoms with Crippen molar-refractivity contribution in [2.24, 2.45) is 9.98 Å². The van der Waals surface area contributed by atoms with Crippen LogP contribution >= 0.6 is 0 Å². The smallest absolute Gasteiger partial charge is 0.0845 e. The highest BCUT2D eigenvalue weighted by atomic mass is 14.8. The Morgan fingerprint density at radius 3 is 1.46 bits per heavy atom. The van der Waals surface area contributed by atoms with E-state index in [1.807, 2.05) is 0 Å². The van der Waals surface area contributed by atoms with Gasteiger partial charge in [-0.25, -0.2) is 4.98 Å². The molecule has 0 spiro atoms. The quantitative estimate of drug-likeness (QED) is 0.215. The monoisotopic (exact) mass is 385 g/mol. The first-order valence-electron chi connectivity index (χ1n) is 11.7. The maximum Gasteiger partial charge on any atom is 0.0845 e. The van der Waals surface area contributed by atoms with Crippen molar-refractivity contribution in [1.29, 1.82) is 0 Å². The lowest BCUT2D eigenvalue weighted by molar-refractivity contribution is 0.612. The fourth-order valence-corrected chi connectivity index (χ4v) is 3.28. The molecule has 0 N–H and O–H groups in total. The van der Waals surface area contributed by atoms with Crippen LogP contribution in [0.3, 0.4) is 0 Å². The van der Waals surface area contributed by atoms with Crippen LogP contribution in [0.1, 0.15) is 116 Å². The van der Waals surface area contributed by atoms with E-state index in [0.717, 1.165) is 35.9 Å². The molecule has 3 heteroatoms. The molecule has 0 aliphatic carbocycles. The van der Waals surface area contributed by atoms with Crippen LogP contribution in [0.15, 0.2) is 28.2 Å². The highest BCUT2D eigenvalue weighted by Gasteiger charge is 2.04. The van der Waals surface area contributed by atoms with Gasteiger partial charge in [0.2, 0.25) is 0 Å². The molecule has 0 saturated carbocycles. The van der Waals surface area contributed by atoms with Gasteiger partial charge >= 0.3 is 0 Å². The fraction of sp³-hybridized carbons (Fsp3) is 0.720. The third-order valence-electron chi connectivity index (χ3n) is 5.21. The highest BCUT2D eigenvalue weighted by molar-refractivity contribution is 6.00. The maximum absolute atomic E-state index is 4.79. The summed E-state index contributed by atoms with van der Waals surface area (Å²) >= 11 is 0. The summed E-state index contributed by atoms with van der Waals surface area (Å²) in [4.78, 5) is 14.3. The van der Waals surface area contributed by atoms with E-state index >= 15 is 0 Å². The molecule has 0 radical (unpaired) electrons. The van der Waals surface area contributed by atoms with Crippen LogP contribution in [0.4, 0.5) is 0 Å². The molecule has 0 saturated heterocycles. The number of pyridine rings is 1. The summed E-state index contributed by atoms with van der Waals surface area (Å²) in [5, 5.41) is 0. The van der Waals surface area contributed by atoms with E-state index in [2.05, 4.69) is 45.9 Å². The molecule has 0 aliphatic heterocycles. The minimum atomic E-state index is 0.912. The van der Waals surface area contributed by atoms with Crippen LogP contribution in [-0.2, 0) is 0 Å². The van der Waals surface area contributed by atoms with Gasteiger partial charge in [-0.1, -0.05) is 84.1 Å². The molecular weight excluding hydrogens is 342 g/mol. The van der Waals surface area contributed by atoms with E-state index < -0.39 is 0 Å². The lowest BCUT2D eigenvalue weighted by atomic mass is 10.1. The zero-order valence-corrected chi connectivity index (χ0v) is 19.0. The van der Waals surface area contributed by atoms with Gasteiger partial charge in [-0.15, -0.1) is 0 Å². The molecule has 0 fully saturated rings. The second-order valence-electron chi connectivity index (χ2n) is 7.88. The van der Waals surface area contributed by atoms with E-state index in [0.29, 0.717) is 0 Å². The van der Waals surface area contributed by atoms with Crippen molar-refractivity contribution in [3.05, 3.63) is 29.6 Å². The average molecular weight is 386 g/mol. The van der Waals surface area contributed by atoms with Crippen LogP contribution in [0.5, 0.6) is 0 Å². The number of rotatable bonds is 16. The Hall–Kier alpha value is -1.51. The SMILES string of the molecule is CCCCCCCCN=C(C)c1cccc(C(C)=NCCCCCCCC)n1. The summed E-state index contributed by atoms with van der Waals surface area (Å²) in [6.07, 6.45) is 15.7. The predicted octanol–water partition coefficient (Wildman–Crippen LogP) is 7.42. The van der Waals surface area contributed by atoms with Gasteiger partial charge in [-0.2, -0.15) is 0 Å². The van der Waals surface area contributed by atoms with Crippen molar-refractivity contribution in [3.63, 3.8) is 0 Å². The molecule has 0 aromatic carbocycles. The molecule has 158 valence electrons. The Kier molecular flexibility index (Phi) is 14.4. The van der Waals surface area contributed by atoms with Gasteiger partial charge in [0.05, 0.1) is 22.8 Å². The first-order valence-corrected chi connectivity index (χ1v) is 11.7. The summed E-state index contributed by atoms with van der Waals surface area (Å²) in [6.45, 7) is 10.5. The average Bonchev–Trinajstić information content (AvgIpc) is 2.72. The first kappa shape index (κ1) is 24.5. The van der Waals surface area contributed by atoms with E-state index in [-0.39, 0.29) is 0 Å². The molecule has 0 amide bonds. The van der Waals surface area contributed by atoms with Crippen LogP contribution in [0.25, 0.3) is 0 Å². The van der Waals surface area contributed by atoms with Crippen LogP contribution < -0.4 is 0 Å². The number of unbranched alkanes of at least 4 members (excludes halogenated alkanes) is 10. The van der Waals surface area contributed by atoms with Gasteiger partial charge in [0.25, 0.3) is 0 Å². The largest absolute Gasteiger partial charge is 0.288 e. The molecule has 1 heterocycles. The van der Waals surface area contributed by atoms with Crippen molar-refractivity contribution >= 4 is 11.4 Å². The molecule has 1 aromatic rings. The third kappa shape index (κ3) is 11.4. The normalized spacial score (nSPS) is 12.6. The second-order valence-corrected chi connectivity index (χ2v) is 7.88. The van der Waals surface area contributed by atoms with E-state index in [1.165, 1.54) is 77.0 Å². The standard InChI is InChI=1S/C25H43N3/c1-5-7-9-11-13-15-20-26-22(3)24-18-17-19-25(28-24)23(4)27-21-16-14-12-10-8-6-2/h17-19H,5-16,20-21H2,1-4H3. The number of hydrogen-bond donors (Lipinski definition) is 0. The minimum absolute atomic E-state index is 0.912. The Morgan fingerprint density at radius 1 is 0.643 bits per heavy atom. The molecule has 3 nitrogen and oxygen atoms in total. The Labute approximate surface area is 174 Å². The third-order valence-corrected chi connectivity index (χ3v) is 5.21. The van der Waals surface area contributed by atoms with Crippen molar-refractivity contribution in [3.8, 4) is 0 Å². The van der Waals surface area contributed by atoms with Gasteiger partial charge in [0.1, 0.15) is 0 Å². The van der Waals surface area contributed by atoms with E-state index in [9.17, 15) is 0 Å². The van der Waals surface area contributed by atoms with Crippen molar-refractivity contribution in [1.82, 2.24) is 4.98 Å². The van der Waals surface area contributed by atoms with Crippen LogP contribution in [0.2, 0.25) is 0 Å². The molecule has 0 atom stereocenters. The molecule has 0 bridgehead atoms. The molecular formula is C25H43N3. The van der Waals surface area contributed by atoms with Gasteiger partial charge in [0, 0.05) is 13.1 Å². The van der Waals surface area contributed by atoms with E-state index in [4.69, 9.17) is 15.0 Å². The number of aromatic nitrogens is 1. The van der Waals surface area contributed by atoms with Crippen molar-refractivity contribution in [2.75, 3.05) is 13.1 Å². The summed E-state index contributed by atoms with van der Waals surface area (Å²) in [6, 6.07) is 6.19. The summed E-state index contributed by atoms with van der Waals surface area (Å²) in [5.74, 6) is 0. The fourth-order valence-electron chi connectivity index (χ4n) is 3.28. The predicted molar refractivity (Wildman–Crippen MR) is 125 cm³/mol. The zero-order valence-electron chi connectivity index (χ0n) is 19.0.